The van der Waals surface area contributed by atoms with Crippen molar-refractivity contribution >= 4 is 11.3 Å². The first-order chi connectivity index (χ1) is 9.76. The lowest BCUT2D eigenvalue weighted by molar-refractivity contribution is 0.301. The summed E-state index contributed by atoms with van der Waals surface area (Å²) in [7, 11) is 1.59. The van der Waals surface area contributed by atoms with Gasteiger partial charge in [-0.1, -0.05) is 6.07 Å². The zero-order chi connectivity index (χ0) is 13.9. The minimum atomic E-state index is 0.396. The molecule has 0 aliphatic rings. The highest BCUT2D eigenvalue weighted by Crippen LogP contribution is 2.26. The van der Waals surface area contributed by atoms with Gasteiger partial charge in [0.2, 0.25) is 0 Å². The zero-order valence-corrected chi connectivity index (χ0v) is 11.1. The number of pyridine rings is 1. The number of nitrogen functional groups attached to an aromatic ring is 1. The predicted molar refractivity (Wildman–Crippen MR) is 76.9 cm³/mol. The smallest absolute Gasteiger partial charge is 0.142 e. The Labute approximate surface area is 116 Å². The molecule has 20 heavy (non-hydrogen) atoms. The number of fused-ring (bicyclic) bond motifs is 1. The molecule has 0 spiro atoms. The van der Waals surface area contributed by atoms with Crippen molar-refractivity contribution < 1.29 is 9.47 Å². The van der Waals surface area contributed by atoms with Crippen LogP contribution in [0.3, 0.4) is 0 Å². The monoisotopic (exact) mass is 269 g/mol. The largest absolute Gasteiger partial charge is 0.495 e. The predicted octanol–water partition coefficient (Wildman–Crippen LogP) is 2.50. The molecule has 2 N–H and O–H groups in total. The van der Waals surface area contributed by atoms with Crippen molar-refractivity contribution in [2.24, 2.45) is 0 Å². The van der Waals surface area contributed by atoms with Crippen molar-refractivity contribution in [1.82, 2.24) is 9.38 Å². The number of benzene rings is 1. The van der Waals surface area contributed by atoms with Crippen LogP contribution >= 0.6 is 0 Å². The minimum Gasteiger partial charge on any atom is -0.495 e. The average Bonchev–Trinajstić information content (AvgIpc) is 2.88. The first-order valence-electron chi connectivity index (χ1n) is 6.25. The van der Waals surface area contributed by atoms with Gasteiger partial charge < -0.3 is 19.6 Å². The van der Waals surface area contributed by atoms with Crippen LogP contribution in [0, 0.1) is 0 Å². The molecular formula is C15H15N3O2. The molecule has 0 saturated carbocycles. The molecule has 5 nitrogen and oxygen atoms in total. The van der Waals surface area contributed by atoms with Gasteiger partial charge in [0.1, 0.15) is 23.8 Å². The number of rotatable bonds is 4. The first kappa shape index (κ1) is 12.3. The minimum absolute atomic E-state index is 0.396. The maximum atomic E-state index is 5.84. The Hall–Kier alpha value is -2.69. The van der Waals surface area contributed by atoms with Crippen LogP contribution < -0.4 is 15.2 Å². The van der Waals surface area contributed by atoms with Gasteiger partial charge in [-0.05, 0) is 24.3 Å². The molecule has 0 bridgehead atoms. The van der Waals surface area contributed by atoms with Gasteiger partial charge in [0.15, 0.2) is 0 Å². The van der Waals surface area contributed by atoms with E-state index in [2.05, 4.69) is 4.98 Å². The summed E-state index contributed by atoms with van der Waals surface area (Å²) in [6.45, 7) is 0.396. The Morgan fingerprint density at radius 2 is 2.15 bits per heavy atom. The van der Waals surface area contributed by atoms with Crippen molar-refractivity contribution in [1.29, 1.82) is 0 Å². The summed E-state index contributed by atoms with van der Waals surface area (Å²) in [5.74, 6) is 1.34. The highest BCUT2D eigenvalue weighted by Gasteiger charge is 2.04. The number of aromatic nitrogens is 2. The van der Waals surface area contributed by atoms with Gasteiger partial charge in [0.25, 0.3) is 0 Å². The van der Waals surface area contributed by atoms with Crippen LogP contribution in [0.5, 0.6) is 11.5 Å². The molecule has 0 saturated heterocycles. The molecule has 0 amide bonds. The highest BCUT2D eigenvalue weighted by molar-refractivity contribution is 5.56. The maximum absolute atomic E-state index is 5.84. The van der Waals surface area contributed by atoms with Gasteiger partial charge in [-0.3, -0.25) is 0 Å². The van der Waals surface area contributed by atoms with Crippen molar-refractivity contribution in [2.75, 3.05) is 12.8 Å². The number of methoxy groups -OCH3 is 1. The number of imidazole rings is 1. The summed E-state index contributed by atoms with van der Waals surface area (Å²) in [5, 5.41) is 0. The van der Waals surface area contributed by atoms with E-state index in [-0.39, 0.29) is 0 Å². The van der Waals surface area contributed by atoms with E-state index < -0.39 is 0 Å². The molecule has 1 aromatic carbocycles. The van der Waals surface area contributed by atoms with Gasteiger partial charge in [0, 0.05) is 18.5 Å². The Morgan fingerprint density at radius 1 is 1.25 bits per heavy atom. The molecule has 0 aliphatic heterocycles. The van der Waals surface area contributed by atoms with Crippen molar-refractivity contribution in [3.05, 3.63) is 54.5 Å². The molecule has 0 radical (unpaired) electrons. The fourth-order valence-electron chi connectivity index (χ4n) is 2.02. The Kier molecular flexibility index (Phi) is 3.16. The zero-order valence-electron chi connectivity index (χ0n) is 11.1. The summed E-state index contributed by atoms with van der Waals surface area (Å²) in [5.41, 5.74) is 8.16. The topological polar surface area (TPSA) is 61.8 Å². The van der Waals surface area contributed by atoms with Crippen LogP contribution in [-0.2, 0) is 6.61 Å². The molecule has 0 fully saturated rings. The summed E-state index contributed by atoms with van der Waals surface area (Å²) in [6, 6.07) is 11.2. The van der Waals surface area contributed by atoms with E-state index in [0.717, 1.165) is 11.3 Å². The quantitative estimate of drug-likeness (QED) is 0.739. The van der Waals surface area contributed by atoms with Gasteiger partial charge in [0.05, 0.1) is 18.5 Å². The fraction of sp³-hybridized carbons (Fsp3) is 0.133. The summed E-state index contributed by atoms with van der Waals surface area (Å²) < 4.78 is 12.8. The standard InChI is InChI=1S/C15H15N3O2/c1-19-14-6-5-12(8-13(14)16)20-10-11-9-18-7-3-2-4-15(18)17-11/h2-9H,10,16H2,1H3. The summed E-state index contributed by atoms with van der Waals surface area (Å²) >= 11 is 0. The summed E-state index contributed by atoms with van der Waals surface area (Å²) in [6.07, 6.45) is 3.90. The molecule has 2 aromatic heterocycles. The third-order valence-electron chi connectivity index (χ3n) is 3.00. The third-order valence-corrected chi connectivity index (χ3v) is 3.00. The van der Waals surface area contributed by atoms with E-state index in [4.69, 9.17) is 15.2 Å². The normalized spacial score (nSPS) is 10.7. The number of anilines is 1. The third kappa shape index (κ3) is 2.38. The van der Waals surface area contributed by atoms with Crippen LogP contribution in [0.1, 0.15) is 5.69 Å². The lowest BCUT2D eigenvalue weighted by atomic mass is 10.3. The molecule has 0 aliphatic carbocycles. The summed E-state index contributed by atoms with van der Waals surface area (Å²) in [4.78, 5) is 4.47. The van der Waals surface area contributed by atoms with E-state index in [1.807, 2.05) is 41.1 Å². The van der Waals surface area contributed by atoms with E-state index in [9.17, 15) is 0 Å². The lowest BCUT2D eigenvalue weighted by Crippen LogP contribution is -1.97. The molecule has 3 aromatic rings. The Balaban J connectivity index is 1.74. The van der Waals surface area contributed by atoms with Crippen LogP contribution in [0.4, 0.5) is 5.69 Å². The van der Waals surface area contributed by atoms with E-state index >= 15 is 0 Å². The van der Waals surface area contributed by atoms with Crippen molar-refractivity contribution in [2.45, 2.75) is 6.61 Å². The number of ether oxygens (including phenoxy) is 2. The first-order valence-corrected chi connectivity index (χ1v) is 6.25. The molecule has 5 heteroatoms. The number of hydrogen-bond donors (Lipinski definition) is 1. The molecular weight excluding hydrogens is 254 g/mol. The Morgan fingerprint density at radius 3 is 2.90 bits per heavy atom. The second-order valence-corrected chi connectivity index (χ2v) is 4.39. The molecule has 0 atom stereocenters. The highest BCUT2D eigenvalue weighted by atomic mass is 16.5. The van der Waals surface area contributed by atoms with Crippen LogP contribution in [0.25, 0.3) is 5.65 Å². The second-order valence-electron chi connectivity index (χ2n) is 4.39. The van der Waals surface area contributed by atoms with E-state index in [1.165, 1.54) is 0 Å². The van der Waals surface area contributed by atoms with Crippen molar-refractivity contribution in [3.8, 4) is 11.5 Å². The van der Waals surface area contributed by atoms with Crippen molar-refractivity contribution in [3.63, 3.8) is 0 Å². The number of hydrogen-bond acceptors (Lipinski definition) is 4. The molecule has 102 valence electrons. The Bertz CT molecular complexity index is 704. The maximum Gasteiger partial charge on any atom is 0.142 e. The fourth-order valence-corrected chi connectivity index (χ4v) is 2.02. The number of nitrogens with zero attached hydrogens (tertiary/aromatic N) is 2. The van der Waals surface area contributed by atoms with Crippen LogP contribution in [0.15, 0.2) is 48.8 Å². The SMILES string of the molecule is COc1ccc(OCc2cn3ccccc3n2)cc1N. The lowest BCUT2D eigenvalue weighted by Gasteiger charge is -2.08. The van der Waals surface area contributed by atoms with Crippen LogP contribution in [-0.4, -0.2) is 16.5 Å². The van der Waals surface area contributed by atoms with Gasteiger partial charge >= 0.3 is 0 Å². The molecule has 3 rings (SSSR count). The second kappa shape index (κ2) is 5.13. The molecule has 2 heterocycles. The number of nitrogens with two attached hydrogens (primary N) is 1. The van der Waals surface area contributed by atoms with E-state index in [1.54, 1.807) is 19.2 Å². The average molecular weight is 269 g/mol. The van der Waals surface area contributed by atoms with Gasteiger partial charge in [-0.25, -0.2) is 4.98 Å². The van der Waals surface area contributed by atoms with Crippen LogP contribution in [0.2, 0.25) is 0 Å². The van der Waals surface area contributed by atoms with E-state index in [0.29, 0.717) is 23.8 Å². The van der Waals surface area contributed by atoms with Gasteiger partial charge in [-0.2, -0.15) is 0 Å². The molecule has 0 unspecified atom stereocenters. The van der Waals surface area contributed by atoms with Gasteiger partial charge in [-0.15, -0.1) is 0 Å².